The fourth-order valence-corrected chi connectivity index (χ4v) is 4.33. The maximum absolute atomic E-state index is 12.9. The van der Waals surface area contributed by atoms with E-state index in [1.54, 1.807) is 4.57 Å². The van der Waals surface area contributed by atoms with Crippen LogP contribution in [0.3, 0.4) is 0 Å². The third-order valence-corrected chi connectivity index (χ3v) is 6.00. The molecule has 1 aliphatic rings. The Morgan fingerprint density at radius 3 is 2.48 bits per heavy atom. The molecule has 0 saturated carbocycles. The highest BCUT2D eigenvalue weighted by Gasteiger charge is 2.26. The number of esters is 1. The molecule has 7 heteroatoms. The number of aromatic nitrogens is 1. The SMILES string of the molecule is COC(=O)c1c(NC(=O)C[NH+]2CCN(c3ccccc3)CC2)c2cc(C)ccc2n1C. The quantitative estimate of drug-likeness (QED) is 0.615. The van der Waals surface area contributed by atoms with E-state index < -0.39 is 5.97 Å². The molecule has 4 rings (SSSR count). The Labute approximate surface area is 182 Å². The summed E-state index contributed by atoms with van der Waals surface area (Å²) in [4.78, 5) is 29.0. The highest BCUT2D eigenvalue weighted by Crippen LogP contribution is 2.31. The third kappa shape index (κ3) is 4.27. The van der Waals surface area contributed by atoms with Crippen LogP contribution < -0.4 is 15.1 Å². The van der Waals surface area contributed by atoms with Crippen molar-refractivity contribution in [1.29, 1.82) is 0 Å². The average Bonchev–Trinajstić information content (AvgIpc) is 3.05. The van der Waals surface area contributed by atoms with Gasteiger partial charge in [0.25, 0.3) is 5.91 Å². The van der Waals surface area contributed by atoms with Crippen molar-refractivity contribution in [3.63, 3.8) is 0 Å². The maximum atomic E-state index is 12.9. The Bertz CT molecular complexity index is 1100. The number of carbonyl (C=O) groups is 2. The normalized spacial score (nSPS) is 14.6. The number of hydrogen-bond donors (Lipinski definition) is 2. The minimum absolute atomic E-state index is 0.0951. The molecule has 31 heavy (non-hydrogen) atoms. The van der Waals surface area contributed by atoms with Gasteiger partial charge in [-0.2, -0.15) is 0 Å². The molecule has 0 atom stereocenters. The lowest BCUT2D eigenvalue weighted by Crippen LogP contribution is -3.15. The number of anilines is 2. The lowest BCUT2D eigenvalue weighted by molar-refractivity contribution is -0.892. The zero-order valence-electron chi connectivity index (χ0n) is 18.3. The number of carbonyl (C=O) groups excluding carboxylic acids is 2. The zero-order valence-corrected chi connectivity index (χ0v) is 18.3. The molecule has 2 N–H and O–H groups in total. The van der Waals surface area contributed by atoms with Gasteiger partial charge >= 0.3 is 5.97 Å². The number of piperazine rings is 1. The average molecular weight is 422 g/mol. The molecular weight excluding hydrogens is 392 g/mol. The fourth-order valence-electron chi connectivity index (χ4n) is 4.33. The lowest BCUT2D eigenvalue weighted by atomic mass is 10.1. The minimum atomic E-state index is -0.463. The molecule has 1 aliphatic heterocycles. The van der Waals surface area contributed by atoms with Crippen molar-refractivity contribution < 1.29 is 19.2 Å². The Kier molecular flexibility index (Phi) is 5.95. The number of ether oxygens (including phenoxy) is 1. The number of hydrogen-bond acceptors (Lipinski definition) is 4. The molecule has 0 radical (unpaired) electrons. The Morgan fingerprint density at radius 1 is 1.10 bits per heavy atom. The van der Waals surface area contributed by atoms with Crippen molar-refractivity contribution in [3.8, 4) is 0 Å². The van der Waals surface area contributed by atoms with E-state index >= 15 is 0 Å². The van der Waals surface area contributed by atoms with Gasteiger partial charge in [0.1, 0.15) is 0 Å². The largest absolute Gasteiger partial charge is 0.464 e. The summed E-state index contributed by atoms with van der Waals surface area (Å²) in [5, 5.41) is 3.86. The second-order valence-electron chi connectivity index (χ2n) is 8.09. The van der Waals surface area contributed by atoms with Crippen molar-refractivity contribution in [2.24, 2.45) is 7.05 Å². The number of methoxy groups -OCH3 is 1. The van der Waals surface area contributed by atoms with Gasteiger partial charge in [-0.05, 0) is 31.2 Å². The number of amides is 1. The topological polar surface area (TPSA) is 68.0 Å². The van der Waals surface area contributed by atoms with E-state index in [1.165, 1.54) is 17.7 Å². The van der Waals surface area contributed by atoms with Gasteiger partial charge in [-0.3, -0.25) is 4.79 Å². The van der Waals surface area contributed by atoms with Crippen molar-refractivity contribution in [2.45, 2.75) is 6.92 Å². The van der Waals surface area contributed by atoms with Gasteiger partial charge in [0, 0.05) is 18.1 Å². The fraction of sp³-hybridized carbons (Fsp3) is 0.333. The van der Waals surface area contributed by atoms with Gasteiger partial charge in [-0.15, -0.1) is 0 Å². The highest BCUT2D eigenvalue weighted by atomic mass is 16.5. The Hall–Kier alpha value is -3.32. The summed E-state index contributed by atoms with van der Waals surface area (Å²) >= 11 is 0. The molecule has 2 aromatic carbocycles. The Balaban J connectivity index is 1.48. The first-order valence-electron chi connectivity index (χ1n) is 10.6. The van der Waals surface area contributed by atoms with Crippen LogP contribution in [0.5, 0.6) is 0 Å². The van der Waals surface area contributed by atoms with Gasteiger partial charge in [0.05, 0.1) is 44.5 Å². The van der Waals surface area contributed by atoms with E-state index in [2.05, 4.69) is 22.3 Å². The van der Waals surface area contributed by atoms with E-state index in [0.29, 0.717) is 17.9 Å². The molecule has 162 valence electrons. The van der Waals surface area contributed by atoms with Crippen LogP contribution >= 0.6 is 0 Å². The standard InChI is InChI=1S/C24H28N4O3/c1-17-9-10-20-19(15-17)22(23(26(20)2)24(30)31-3)25-21(29)16-27-11-13-28(14-12-27)18-7-5-4-6-8-18/h4-10,15H,11-14,16H2,1-3H3,(H,25,29)/p+1. The van der Waals surface area contributed by atoms with Gasteiger partial charge in [0.15, 0.2) is 12.2 Å². The van der Waals surface area contributed by atoms with Crippen LogP contribution in [0.15, 0.2) is 48.5 Å². The van der Waals surface area contributed by atoms with E-state index in [1.807, 2.05) is 50.4 Å². The van der Waals surface area contributed by atoms with Crippen molar-refractivity contribution in [3.05, 3.63) is 59.8 Å². The number of aryl methyl sites for hydroxylation is 2. The minimum Gasteiger partial charge on any atom is -0.464 e. The number of rotatable bonds is 5. The number of benzene rings is 2. The van der Waals surface area contributed by atoms with E-state index in [0.717, 1.165) is 42.6 Å². The maximum Gasteiger partial charge on any atom is 0.356 e. The van der Waals surface area contributed by atoms with Crippen LogP contribution in [0.25, 0.3) is 10.9 Å². The van der Waals surface area contributed by atoms with Gasteiger partial charge in [0.2, 0.25) is 0 Å². The molecular formula is C24H29N4O3+. The summed E-state index contributed by atoms with van der Waals surface area (Å²) in [7, 11) is 3.17. The summed E-state index contributed by atoms with van der Waals surface area (Å²) in [5.74, 6) is -0.558. The molecule has 0 spiro atoms. The monoisotopic (exact) mass is 421 g/mol. The van der Waals surface area contributed by atoms with Crippen molar-refractivity contribution in [1.82, 2.24) is 4.57 Å². The molecule has 0 bridgehead atoms. The van der Waals surface area contributed by atoms with Gasteiger partial charge < -0.3 is 24.4 Å². The molecule has 1 amide bonds. The van der Waals surface area contributed by atoms with Crippen LogP contribution in [0.2, 0.25) is 0 Å². The van der Waals surface area contributed by atoms with Crippen LogP contribution in [0, 0.1) is 6.92 Å². The molecule has 1 aromatic heterocycles. The summed E-state index contributed by atoms with van der Waals surface area (Å²) < 4.78 is 6.76. The van der Waals surface area contributed by atoms with Crippen molar-refractivity contribution in [2.75, 3.05) is 50.1 Å². The van der Waals surface area contributed by atoms with Crippen LogP contribution in [0.4, 0.5) is 11.4 Å². The second-order valence-corrected chi connectivity index (χ2v) is 8.09. The lowest BCUT2D eigenvalue weighted by Gasteiger charge is -2.33. The molecule has 1 fully saturated rings. The van der Waals surface area contributed by atoms with E-state index in [-0.39, 0.29) is 5.91 Å². The first-order chi connectivity index (χ1) is 15.0. The third-order valence-electron chi connectivity index (χ3n) is 6.00. The Morgan fingerprint density at radius 2 is 1.81 bits per heavy atom. The summed E-state index contributed by atoms with van der Waals surface area (Å²) in [5.41, 5.74) is 4.05. The van der Waals surface area contributed by atoms with E-state index in [4.69, 9.17) is 4.74 Å². The number of nitrogens with one attached hydrogen (secondary N) is 2. The summed E-state index contributed by atoms with van der Waals surface area (Å²) in [6, 6.07) is 16.3. The molecule has 0 unspecified atom stereocenters. The number of nitrogens with zero attached hydrogens (tertiary/aromatic N) is 2. The molecule has 7 nitrogen and oxygen atoms in total. The summed E-state index contributed by atoms with van der Waals surface area (Å²) in [6.07, 6.45) is 0. The van der Waals surface area contributed by atoms with Gasteiger partial charge in [-0.25, -0.2) is 4.79 Å². The number of fused-ring (bicyclic) bond motifs is 1. The van der Waals surface area contributed by atoms with Crippen molar-refractivity contribution >= 4 is 34.2 Å². The molecule has 3 aromatic rings. The number of quaternary nitrogens is 1. The molecule has 1 saturated heterocycles. The van der Waals surface area contributed by atoms with Crippen LogP contribution in [-0.2, 0) is 16.6 Å². The molecule has 0 aliphatic carbocycles. The van der Waals surface area contributed by atoms with Gasteiger partial charge in [-0.1, -0.05) is 29.8 Å². The summed E-state index contributed by atoms with van der Waals surface area (Å²) in [6.45, 7) is 5.96. The van der Waals surface area contributed by atoms with Crippen LogP contribution in [0.1, 0.15) is 16.1 Å². The van der Waals surface area contributed by atoms with Crippen LogP contribution in [-0.4, -0.2) is 56.3 Å². The first-order valence-corrected chi connectivity index (χ1v) is 10.6. The second kappa shape index (κ2) is 8.81. The predicted octanol–water partition coefficient (Wildman–Crippen LogP) is 1.62. The first kappa shape index (κ1) is 20.9. The zero-order chi connectivity index (χ0) is 22.0. The van der Waals surface area contributed by atoms with E-state index in [9.17, 15) is 9.59 Å². The predicted molar refractivity (Wildman–Crippen MR) is 122 cm³/mol. The smallest absolute Gasteiger partial charge is 0.356 e. The molecule has 2 heterocycles. The number of para-hydroxylation sites is 1. The highest BCUT2D eigenvalue weighted by molar-refractivity contribution is 6.11.